The second-order valence-corrected chi connectivity index (χ2v) is 4.98. The van der Waals surface area contributed by atoms with Crippen LogP contribution in [0.5, 0.6) is 0 Å². The van der Waals surface area contributed by atoms with Gasteiger partial charge in [0.25, 0.3) is 11.6 Å². The van der Waals surface area contributed by atoms with Gasteiger partial charge in [-0.3, -0.25) is 14.9 Å². The Hall–Kier alpha value is -2.48. The van der Waals surface area contributed by atoms with Gasteiger partial charge in [0.2, 0.25) is 0 Å². The van der Waals surface area contributed by atoms with Gasteiger partial charge in [-0.15, -0.1) is 0 Å². The van der Waals surface area contributed by atoms with Crippen molar-refractivity contribution >= 4 is 17.6 Å². The number of hydrogen-bond acceptors (Lipinski definition) is 5. The summed E-state index contributed by atoms with van der Waals surface area (Å²) in [5.74, 6) is -2.00. The maximum Gasteiger partial charge on any atom is 0.326 e. The quantitative estimate of drug-likeness (QED) is 0.620. The smallest absolute Gasteiger partial charge is 0.326 e. The molecule has 0 radical (unpaired) electrons. The number of benzene rings is 1. The lowest BCUT2D eigenvalue weighted by atomic mass is 10.1. The molecule has 1 amide bonds. The van der Waals surface area contributed by atoms with Crippen LogP contribution in [0.15, 0.2) is 18.2 Å². The number of nitro groups is 1. The Morgan fingerprint density at radius 3 is 2.67 bits per heavy atom. The van der Waals surface area contributed by atoms with Gasteiger partial charge >= 0.3 is 5.97 Å². The van der Waals surface area contributed by atoms with E-state index in [0.29, 0.717) is 5.56 Å². The van der Waals surface area contributed by atoms with Gasteiger partial charge in [0.05, 0.1) is 11.0 Å². The molecule has 1 aliphatic rings. The van der Waals surface area contributed by atoms with Crippen LogP contribution < -0.4 is 0 Å². The van der Waals surface area contributed by atoms with Gasteiger partial charge in [0, 0.05) is 19.0 Å². The topological polar surface area (TPSA) is 121 Å². The van der Waals surface area contributed by atoms with Crippen LogP contribution in [0, 0.1) is 17.0 Å². The number of carbonyl (C=O) groups is 2. The summed E-state index contributed by atoms with van der Waals surface area (Å²) in [5.41, 5.74) is 0.104. The van der Waals surface area contributed by atoms with Gasteiger partial charge in [-0.05, 0) is 18.6 Å². The zero-order chi connectivity index (χ0) is 15.7. The second kappa shape index (κ2) is 5.49. The summed E-state index contributed by atoms with van der Waals surface area (Å²) in [5, 5.41) is 29.6. The molecule has 0 spiro atoms. The summed E-state index contributed by atoms with van der Waals surface area (Å²) >= 11 is 0. The zero-order valence-electron chi connectivity index (χ0n) is 11.2. The molecule has 1 saturated heterocycles. The third-order valence-electron chi connectivity index (χ3n) is 3.40. The van der Waals surface area contributed by atoms with Crippen LogP contribution in [-0.4, -0.2) is 50.6 Å². The predicted octanol–water partition coefficient (Wildman–Crippen LogP) is 0.563. The van der Waals surface area contributed by atoms with Gasteiger partial charge in [-0.2, -0.15) is 0 Å². The fraction of sp³-hybridized carbons (Fsp3) is 0.385. The molecule has 8 nitrogen and oxygen atoms in total. The Bertz CT molecular complexity index is 615. The van der Waals surface area contributed by atoms with Crippen molar-refractivity contribution in [2.45, 2.75) is 25.5 Å². The SMILES string of the molecule is Cc1ccc([N+](=O)[O-])c(C(=O)N2CC(O)C[C@H]2C(=O)O)c1. The number of aryl methyl sites for hydroxylation is 1. The van der Waals surface area contributed by atoms with E-state index in [1.165, 1.54) is 18.2 Å². The molecule has 0 bridgehead atoms. The molecule has 0 aromatic heterocycles. The van der Waals surface area contributed by atoms with Crippen molar-refractivity contribution in [3.8, 4) is 0 Å². The molecule has 1 heterocycles. The summed E-state index contributed by atoms with van der Waals surface area (Å²) in [4.78, 5) is 34.9. The molecular formula is C13H14N2O6. The number of likely N-dealkylation sites (tertiary alicyclic amines) is 1. The summed E-state index contributed by atoms with van der Waals surface area (Å²) < 4.78 is 0. The van der Waals surface area contributed by atoms with Crippen LogP contribution in [0.25, 0.3) is 0 Å². The van der Waals surface area contributed by atoms with E-state index in [2.05, 4.69) is 0 Å². The molecule has 1 unspecified atom stereocenters. The van der Waals surface area contributed by atoms with Gasteiger partial charge in [-0.1, -0.05) is 6.07 Å². The number of hydrogen-bond donors (Lipinski definition) is 2. The number of aliphatic hydroxyl groups excluding tert-OH is 1. The number of aliphatic carboxylic acids is 1. The first-order valence-corrected chi connectivity index (χ1v) is 6.28. The van der Waals surface area contributed by atoms with Gasteiger partial charge in [-0.25, -0.2) is 4.79 Å². The first-order chi connectivity index (χ1) is 9.81. The third-order valence-corrected chi connectivity index (χ3v) is 3.40. The maximum absolute atomic E-state index is 12.4. The Labute approximate surface area is 119 Å². The molecule has 2 rings (SSSR count). The van der Waals surface area contributed by atoms with E-state index in [4.69, 9.17) is 5.11 Å². The number of rotatable bonds is 3. The number of aliphatic hydroxyl groups is 1. The van der Waals surface area contributed by atoms with E-state index in [1.807, 2.05) is 0 Å². The van der Waals surface area contributed by atoms with Crippen LogP contribution in [0.1, 0.15) is 22.3 Å². The lowest BCUT2D eigenvalue weighted by Crippen LogP contribution is -2.40. The Morgan fingerprint density at radius 1 is 1.43 bits per heavy atom. The lowest BCUT2D eigenvalue weighted by Gasteiger charge is -2.21. The largest absolute Gasteiger partial charge is 0.480 e. The number of nitro benzene ring substituents is 1. The fourth-order valence-corrected chi connectivity index (χ4v) is 2.41. The normalized spacial score (nSPS) is 21.3. The summed E-state index contributed by atoms with van der Waals surface area (Å²) in [6, 6.07) is 2.89. The minimum atomic E-state index is -1.24. The van der Waals surface area contributed by atoms with Crippen molar-refractivity contribution in [2.75, 3.05) is 6.54 Å². The van der Waals surface area contributed by atoms with E-state index in [0.717, 1.165) is 4.90 Å². The molecule has 1 aromatic rings. The molecule has 0 aliphatic carbocycles. The number of carbonyl (C=O) groups excluding carboxylic acids is 1. The van der Waals surface area contributed by atoms with E-state index >= 15 is 0 Å². The van der Waals surface area contributed by atoms with Crippen molar-refractivity contribution < 1.29 is 24.7 Å². The number of β-amino-alcohol motifs (C(OH)–C–C–N with tert-alkyl or cyclic N) is 1. The molecule has 1 aliphatic heterocycles. The van der Waals surface area contributed by atoms with Crippen LogP contribution in [0.2, 0.25) is 0 Å². The molecule has 112 valence electrons. The molecule has 21 heavy (non-hydrogen) atoms. The minimum Gasteiger partial charge on any atom is -0.480 e. The number of amides is 1. The first kappa shape index (κ1) is 14.9. The molecule has 2 atom stereocenters. The first-order valence-electron chi connectivity index (χ1n) is 6.28. The summed E-state index contributed by atoms with van der Waals surface area (Å²) in [6.07, 6.45) is -1.03. The van der Waals surface area contributed by atoms with E-state index in [1.54, 1.807) is 6.92 Å². The highest BCUT2D eigenvalue weighted by atomic mass is 16.6. The van der Waals surface area contributed by atoms with Crippen molar-refractivity contribution in [2.24, 2.45) is 0 Å². The highest BCUT2D eigenvalue weighted by Gasteiger charge is 2.40. The van der Waals surface area contributed by atoms with Crippen molar-refractivity contribution in [1.82, 2.24) is 4.90 Å². The van der Waals surface area contributed by atoms with Crippen LogP contribution in [0.3, 0.4) is 0 Å². The fourth-order valence-electron chi connectivity index (χ4n) is 2.41. The van der Waals surface area contributed by atoms with Crippen molar-refractivity contribution in [1.29, 1.82) is 0 Å². The van der Waals surface area contributed by atoms with Crippen molar-refractivity contribution in [3.63, 3.8) is 0 Å². The van der Waals surface area contributed by atoms with Crippen molar-refractivity contribution in [3.05, 3.63) is 39.4 Å². The van der Waals surface area contributed by atoms with Gasteiger partial charge < -0.3 is 15.1 Å². The molecule has 8 heteroatoms. The number of carboxylic acid groups (broad SMARTS) is 1. The third kappa shape index (κ3) is 2.84. The van der Waals surface area contributed by atoms with E-state index in [-0.39, 0.29) is 24.2 Å². The van der Waals surface area contributed by atoms with E-state index < -0.39 is 28.9 Å². The summed E-state index contributed by atoms with van der Waals surface area (Å²) in [7, 11) is 0. The standard InChI is InChI=1S/C13H14N2O6/c1-7-2-3-10(15(20)21)9(4-7)12(17)14-6-8(16)5-11(14)13(18)19/h2-4,8,11,16H,5-6H2,1H3,(H,18,19)/t8?,11-/m0/s1. The lowest BCUT2D eigenvalue weighted by molar-refractivity contribution is -0.385. The maximum atomic E-state index is 12.4. The van der Waals surface area contributed by atoms with E-state index in [9.17, 15) is 24.8 Å². The average Bonchev–Trinajstić information content (AvgIpc) is 2.79. The average molecular weight is 294 g/mol. The van der Waals surface area contributed by atoms with Crippen LogP contribution in [-0.2, 0) is 4.79 Å². The number of nitrogens with zero attached hydrogens (tertiary/aromatic N) is 2. The van der Waals surface area contributed by atoms with Crippen LogP contribution >= 0.6 is 0 Å². The zero-order valence-corrected chi connectivity index (χ0v) is 11.2. The molecule has 1 aromatic carbocycles. The monoisotopic (exact) mass is 294 g/mol. The molecular weight excluding hydrogens is 280 g/mol. The predicted molar refractivity (Wildman–Crippen MR) is 70.9 cm³/mol. The van der Waals surface area contributed by atoms with Crippen LogP contribution in [0.4, 0.5) is 5.69 Å². The highest BCUT2D eigenvalue weighted by Crippen LogP contribution is 2.26. The second-order valence-electron chi connectivity index (χ2n) is 4.98. The Balaban J connectivity index is 2.42. The Morgan fingerprint density at radius 2 is 2.10 bits per heavy atom. The minimum absolute atomic E-state index is 0.0827. The van der Waals surface area contributed by atoms with Gasteiger partial charge in [0.15, 0.2) is 0 Å². The molecule has 2 N–H and O–H groups in total. The highest BCUT2D eigenvalue weighted by molar-refractivity contribution is 6.00. The Kier molecular flexibility index (Phi) is 3.90. The molecule has 0 saturated carbocycles. The van der Waals surface area contributed by atoms with Gasteiger partial charge in [0.1, 0.15) is 11.6 Å². The summed E-state index contributed by atoms with van der Waals surface area (Å²) in [6.45, 7) is 1.52. The number of carboxylic acids is 1. The molecule has 1 fully saturated rings.